The molecule has 0 radical (unpaired) electrons. The lowest BCUT2D eigenvalue weighted by Crippen LogP contribution is -2.53. The topological polar surface area (TPSA) is 235 Å². The van der Waals surface area contributed by atoms with Crippen molar-refractivity contribution < 1.29 is 46.2 Å². The zero-order valence-electron chi connectivity index (χ0n) is 24.1. The van der Waals surface area contributed by atoms with E-state index in [1.165, 1.54) is 6.92 Å². The minimum atomic E-state index is -4.28. The third kappa shape index (κ3) is 8.49. The lowest BCUT2D eigenvalue weighted by atomic mass is 10.0. The van der Waals surface area contributed by atoms with Gasteiger partial charge in [-0.2, -0.15) is 4.72 Å². The Bertz CT molecular complexity index is 1660. The summed E-state index contributed by atoms with van der Waals surface area (Å²) < 4.78 is 57.3. The van der Waals surface area contributed by atoms with Crippen LogP contribution in [-0.2, 0) is 45.6 Å². The average molecular weight is 688 g/mol. The fourth-order valence-electron chi connectivity index (χ4n) is 5.29. The third-order valence-electron chi connectivity index (χ3n) is 7.53. The summed E-state index contributed by atoms with van der Waals surface area (Å²) in [6.07, 6.45) is -0.827. The van der Waals surface area contributed by atoms with Crippen molar-refractivity contribution in [1.29, 1.82) is 0 Å². The molecule has 5 atom stereocenters. The maximum atomic E-state index is 13.3. The van der Waals surface area contributed by atoms with Gasteiger partial charge in [-0.05, 0) is 37.5 Å². The van der Waals surface area contributed by atoms with Crippen molar-refractivity contribution in [3.05, 3.63) is 53.1 Å². The Morgan fingerprint density at radius 2 is 1.89 bits per heavy atom. The molecule has 0 bridgehead atoms. The number of carbonyl (C=O) groups excluding carboxylic acids is 1. The molecule has 246 valence electrons. The highest BCUT2D eigenvalue weighted by molar-refractivity contribution is 7.90. The van der Waals surface area contributed by atoms with Crippen LogP contribution in [-0.4, -0.2) is 93.3 Å². The van der Waals surface area contributed by atoms with E-state index in [0.717, 1.165) is 22.6 Å². The number of benzene rings is 2. The van der Waals surface area contributed by atoms with Crippen molar-refractivity contribution in [2.24, 2.45) is 5.14 Å². The number of ether oxygens (including phenoxy) is 1. The zero-order chi connectivity index (χ0) is 33.1. The largest absolute Gasteiger partial charge is 0.480 e. The number of nitrogens with two attached hydrogens (primary N) is 1. The molecule has 0 saturated carbocycles. The Balaban J connectivity index is 1.34. The SMILES string of the molecule is C[C@H](N[C@@H](CCc1ccccc1)C(=O)O)C(=O)N1C[C@H](OCCC2Nc3cc(Cl)c(S(N)(=O)=O)cc3S(=O)(=O)N2)C[C@H]1C(=O)O. The standard InChI is InChI=1S/C27H34ClN5O10S2/c1-15(30-19(26(35)36)8-7-16-5-3-2-4-6-16)25(34)33-14-17(11-21(33)27(37)38)43-10-9-24-31-20-12-18(28)22(44(29,39)40)13-23(20)45(41,42)32-24/h2-6,12-13,15,17,19,21,24,30-32H,7-11,14H2,1H3,(H,35,36)(H,37,38)(H2,29,39,40)/t15-,17+,19-,21-,24?/m0/s1. The molecule has 7 N–H and O–H groups in total. The number of carboxylic acid groups (broad SMARTS) is 2. The molecule has 18 heteroatoms. The van der Waals surface area contributed by atoms with Gasteiger partial charge in [-0.25, -0.2) is 26.8 Å². The van der Waals surface area contributed by atoms with Crippen molar-refractivity contribution >= 4 is 55.2 Å². The number of aliphatic carboxylic acids is 2. The molecule has 15 nitrogen and oxygen atoms in total. The van der Waals surface area contributed by atoms with Crippen LogP contribution in [0.5, 0.6) is 0 Å². The van der Waals surface area contributed by atoms with Crippen molar-refractivity contribution in [2.75, 3.05) is 18.5 Å². The number of carboxylic acids is 2. The van der Waals surface area contributed by atoms with Crippen LogP contribution in [0.15, 0.2) is 52.3 Å². The van der Waals surface area contributed by atoms with Crippen LogP contribution in [0.4, 0.5) is 5.69 Å². The quantitative estimate of drug-likeness (QED) is 0.169. The molecule has 1 fully saturated rings. The van der Waals surface area contributed by atoms with Gasteiger partial charge in [-0.15, -0.1) is 0 Å². The molecule has 45 heavy (non-hydrogen) atoms. The second-order valence-corrected chi connectivity index (χ2v) is 14.4. The van der Waals surface area contributed by atoms with Crippen LogP contribution in [0.25, 0.3) is 0 Å². The maximum absolute atomic E-state index is 13.3. The predicted molar refractivity (Wildman–Crippen MR) is 161 cm³/mol. The summed E-state index contributed by atoms with van der Waals surface area (Å²) >= 11 is 6.01. The minimum absolute atomic E-state index is 0.0250. The van der Waals surface area contributed by atoms with Gasteiger partial charge in [0.05, 0.1) is 35.6 Å². The molecule has 0 aromatic heterocycles. The van der Waals surface area contributed by atoms with Crippen molar-refractivity contribution in [3.8, 4) is 0 Å². The number of primary sulfonamides is 1. The van der Waals surface area contributed by atoms with Gasteiger partial charge < -0.3 is 25.2 Å². The predicted octanol–water partition coefficient (Wildman–Crippen LogP) is 0.542. The highest BCUT2D eigenvalue weighted by Crippen LogP contribution is 2.34. The molecule has 1 amide bonds. The lowest BCUT2D eigenvalue weighted by Gasteiger charge is -2.29. The molecular weight excluding hydrogens is 654 g/mol. The number of carbonyl (C=O) groups is 3. The van der Waals surface area contributed by atoms with Gasteiger partial charge in [-0.1, -0.05) is 41.9 Å². The number of hydrogen-bond donors (Lipinski definition) is 6. The highest BCUT2D eigenvalue weighted by atomic mass is 35.5. The summed E-state index contributed by atoms with van der Waals surface area (Å²) in [5.74, 6) is -2.97. The van der Waals surface area contributed by atoms with E-state index in [4.69, 9.17) is 21.5 Å². The summed E-state index contributed by atoms with van der Waals surface area (Å²) in [6, 6.07) is 8.05. The van der Waals surface area contributed by atoms with Crippen molar-refractivity contribution in [2.45, 2.75) is 72.8 Å². The van der Waals surface area contributed by atoms with Crippen LogP contribution in [0, 0.1) is 0 Å². The fourth-order valence-corrected chi connectivity index (χ4v) is 7.82. The number of sulfonamides is 2. The Morgan fingerprint density at radius 1 is 1.20 bits per heavy atom. The minimum Gasteiger partial charge on any atom is -0.480 e. The van der Waals surface area contributed by atoms with E-state index in [9.17, 15) is 41.4 Å². The Kier molecular flexibility index (Phi) is 10.7. The molecule has 0 spiro atoms. The van der Waals surface area contributed by atoms with Crippen LogP contribution in [0.2, 0.25) is 5.02 Å². The molecule has 1 unspecified atom stereocenters. The van der Waals surface area contributed by atoms with E-state index in [0.29, 0.717) is 6.42 Å². The first kappa shape index (κ1) is 34.6. The Labute approximate surface area is 265 Å². The van der Waals surface area contributed by atoms with Crippen LogP contribution >= 0.6 is 11.6 Å². The van der Waals surface area contributed by atoms with Gasteiger partial charge in [0.15, 0.2) is 0 Å². The maximum Gasteiger partial charge on any atom is 0.326 e. The molecule has 1 saturated heterocycles. The summed E-state index contributed by atoms with van der Waals surface area (Å²) in [4.78, 5) is 37.4. The number of anilines is 1. The van der Waals surface area contributed by atoms with Crippen molar-refractivity contribution in [3.63, 3.8) is 0 Å². The molecule has 2 heterocycles. The first-order valence-corrected chi connectivity index (χ1v) is 17.3. The molecule has 2 aliphatic rings. The number of likely N-dealkylation sites (tertiary alicyclic amines) is 1. The summed E-state index contributed by atoms with van der Waals surface area (Å²) in [6.45, 7) is 1.37. The van der Waals surface area contributed by atoms with E-state index in [-0.39, 0.29) is 48.0 Å². The molecule has 0 aliphatic carbocycles. The number of rotatable bonds is 13. The lowest BCUT2D eigenvalue weighted by molar-refractivity contribution is -0.149. The zero-order valence-corrected chi connectivity index (χ0v) is 26.4. The van der Waals surface area contributed by atoms with E-state index in [2.05, 4.69) is 15.4 Å². The first-order valence-electron chi connectivity index (χ1n) is 13.9. The highest BCUT2D eigenvalue weighted by Gasteiger charge is 2.42. The van der Waals surface area contributed by atoms with E-state index < -0.39 is 73.2 Å². The molecule has 4 rings (SSSR count). The fraction of sp³-hybridized carbons (Fsp3) is 0.444. The summed E-state index contributed by atoms with van der Waals surface area (Å²) in [5.41, 5.74) is 1.00. The Hall–Kier alpha value is -3.32. The van der Waals surface area contributed by atoms with Gasteiger partial charge in [0.25, 0.3) is 0 Å². The smallest absolute Gasteiger partial charge is 0.326 e. The Morgan fingerprint density at radius 3 is 2.51 bits per heavy atom. The second-order valence-electron chi connectivity index (χ2n) is 10.8. The molecular formula is C27H34ClN5O10S2. The van der Waals surface area contributed by atoms with Gasteiger partial charge in [-0.3, -0.25) is 14.9 Å². The number of nitrogens with one attached hydrogen (secondary N) is 3. The van der Waals surface area contributed by atoms with E-state index in [1.807, 2.05) is 30.3 Å². The molecule has 2 aromatic rings. The number of hydrogen-bond acceptors (Lipinski definition) is 10. The van der Waals surface area contributed by atoms with Gasteiger partial charge in [0, 0.05) is 19.4 Å². The van der Waals surface area contributed by atoms with Gasteiger partial charge in [0.1, 0.15) is 21.9 Å². The first-order chi connectivity index (χ1) is 21.1. The molecule has 2 aromatic carbocycles. The number of halogens is 1. The summed E-state index contributed by atoms with van der Waals surface area (Å²) in [5, 5.41) is 30.0. The number of aryl methyl sites for hydroxylation is 1. The number of fused-ring (bicyclic) bond motifs is 1. The van der Waals surface area contributed by atoms with Gasteiger partial charge in [0.2, 0.25) is 26.0 Å². The van der Waals surface area contributed by atoms with Crippen LogP contribution in [0.1, 0.15) is 31.7 Å². The van der Waals surface area contributed by atoms with Crippen molar-refractivity contribution in [1.82, 2.24) is 14.9 Å². The van der Waals surface area contributed by atoms with E-state index >= 15 is 0 Å². The number of amides is 1. The molecule has 2 aliphatic heterocycles. The average Bonchev–Trinajstić information content (AvgIpc) is 3.38. The van der Waals surface area contributed by atoms with E-state index in [1.54, 1.807) is 0 Å². The number of nitrogens with zero attached hydrogens (tertiary/aromatic N) is 1. The van der Waals surface area contributed by atoms with Crippen LogP contribution in [0.3, 0.4) is 0 Å². The normalized spacial score (nSPS) is 22.2. The van der Waals surface area contributed by atoms with Crippen LogP contribution < -0.4 is 20.5 Å². The third-order valence-corrected chi connectivity index (χ3v) is 10.4. The monoisotopic (exact) mass is 687 g/mol. The second kappa shape index (κ2) is 14.0. The van der Waals surface area contributed by atoms with Gasteiger partial charge >= 0.3 is 11.9 Å². The summed E-state index contributed by atoms with van der Waals surface area (Å²) in [7, 11) is -8.43.